The van der Waals surface area contributed by atoms with Crippen LogP contribution in [0.25, 0.3) is 11.3 Å². The molecule has 0 radical (unpaired) electrons. The zero-order valence-electron chi connectivity index (χ0n) is 21.6. The first-order chi connectivity index (χ1) is 19.0. The molecule has 2 amide bonds. The van der Waals surface area contributed by atoms with Gasteiger partial charge in [0.1, 0.15) is 0 Å². The number of benzene rings is 3. The van der Waals surface area contributed by atoms with Gasteiger partial charge in [0.05, 0.1) is 30.7 Å². The molecule has 3 aromatic carbocycles. The molecule has 2 atom stereocenters. The molecule has 2 N–H and O–H groups in total. The van der Waals surface area contributed by atoms with Gasteiger partial charge in [-0.2, -0.15) is 0 Å². The number of nitrogens with zero attached hydrogens (tertiary/aromatic N) is 4. The molecule has 1 saturated heterocycles. The quantitative estimate of drug-likeness (QED) is 0.357. The number of piperazine rings is 1. The summed E-state index contributed by atoms with van der Waals surface area (Å²) in [5.41, 5.74) is 3.88. The molecule has 1 fully saturated rings. The summed E-state index contributed by atoms with van der Waals surface area (Å²) in [7, 11) is 0. The number of aliphatic hydroxyl groups is 1. The SMILES string of the molecule is O=C(O)N1CCN(C(=O)c2ncn([C@@H](CO)Cc3ccccc3)c2-c2ccccc2)[C@H](Cc2ccccc2)C1. The van der Waals surface area contributed by atoms with Crippen LogP contribution in [0.5, 0.6) is 0 Å². The average molecular weight is 525 g/mol. The van der Waals surface area contributed by atoms with Crippen molar-refractivity contribution in [2.45, 2.75) is 24.9 Å². The molecule has 0 unspecified atom stereocenters. The summed E-state index contributed by atoms with van der Waals surface area (Å²) >= 11 is 0. The molecule has 1 aliphatic heterocycles. The van der Waals surface area contributed by atoms with E-state index in [4.69, 9.17) is 0 Å². The highest BCUT2D eigenvalue weighted by molar-refractivity contribution is 5.98. The highest BCUT2D eigenvalue weighted by Crippen LogP contribution is 2.30. The Bertz CT molecular complexity index is 1390. The van der Waals surface area contributed by atoms with E-state index in [1.165, 1.54) is 4.90 Å². The lowest BCUT2D eigenvalue weighted by Crippen LogP contribution is -2.57. The third-order valence-electron chi connectivity index (χ3n) is 7.29. The fourth-order valence-corrected chi connectivity index (χ4v) is 5.31. The van der Waals surface area contributed by atoms with Crippen LogP contribution in [0.4, 0.5) is 4.79 Å². The van der Waals surface area contributed by atoms with Crippen LogP contribution in [0.2, 0.25) is 0 Å². The molecule has 0 spiro atoms. The second-order valence-electron chi connectivity index (χ2n) is 9.81. The summed E-state index contributed by atoms with van der Waals surface area (Å²) in [4.78, 5) is 33.7. The van der Waals surface area contributed by atoms with Crippen molar-refractivity contribution < 1.29 is 19.8 Å². The van der Waals surface area contributed by atoms with Crippen LogP contribution in [0.3, 0.4) is 0 Å². The highest BCUT2D eigenvalue weighted by Gasteiger charge is 2.35. The number of carboxylic acid groups (broad SMARTS) is 1. The van der Waals surface area contributed by atoms with E-state index in [0.717, 1.165) is 16.7 Å². The van der Waals surface area contributed by atoms with Gasteiger partial charge in [0.2, 0.25) is 0 Å². The van der Waals surface area contributed by atoms with Crippen LogP contribution >= 0.6 is 0 Å². The number of amides is 2. The summed E-state index contributed by atoms with van der Waals surface area (Å²) in [5, 5.41) is 20.0. The number of carbonyl (C=O) groups is 2. The van der Waals surface area contributed by atoms with Crippen molar-refractivity contribution in [3.8, 4) is 11.3 Å². The first-order valence-electron chi connectivity index (χ1n) is 13.1. The first-order valence-corrected chi connectivity index (χ1v) is 13.1. The Morgan fingerprint density at radius 1 is 0.872 bits per heavy atom. The van der Waals surface area contributed by atoms with Crippen molar-refractivity contribution in [2.75, 3.05) is 26.2 Å². The minimum absolute atomic E-state index is 0.118. The summed E-state index contributed by atoms with van der Waals surface area (Å²) in [6.45, 7) is 0.620. The van der Waals surface area contributed by atoms with Crippen LogP contribution in [0.1, 0.15) is 27.7 Å². The third kappa shape index (κ3) is 5.86. The third-order valence-corrected chi connectivity index (χ3v) is 7.29. The fraction of sp³-hybridized carbons (Fsp3) is 0.258. The Kier molecular flexibility index (Phi) is 8.03. The van der Waals surface area contributed by atoms with E-state index < -0.39 is 6.09 Å². The van der Waals surface area contributed by atoms with Gasteiger partial charge in [0.15, 0.2) is 5.69 Å². The molecule has 1 aromatic heterocycles. The number of hydrogen-bond acceptors (Lipinski definition) is 4. The topological polar surface area (TPSA) is 98.9 Å². The summed E-state index contributed by atoms with van der Waals surface area (Å²) in [6, 6.07) is 28.7. The van der Waals surface area contributed by atoms with Gasteiger partial charge in [-0.15, -0.1) is 0 Å². The van der Waals surface area contributed by atoms with Gasteiger partial charge in [0.25, 0.3) is 5.91 Å². The zero-order valence-corrected chi connectivity index (χ0v) is 21.6. The zero-order chi connectivity index (χ0) is 27.2. The standard InChI is InChI=1S/C31H32N4O4/c36-21-27(19-24-12-6-2-7-13-24)35-22-32-28(29(35)25-14-8-3-9-15-25)30(37)34-17-16-33(31(38)39)20-26(34)18-23-10-4-1-5-11-23/h1-15,22,26-27,36H,16-21H2,(H,38,39)/t26-,27-/m1/s1. The molecule has 0 saturated carbocycles. The Labute approximate surface area is 227 Å². The fourth-order valence-electron chi connectivity index (χ4n) is 5.31. The Balaban J connectivity index is 1.51. The molecular formula is C31H32N4O4. The van der Waals surface area contributed by atoms with Crippen LogP contribution in [-0.2, 0) is 12.8 Å². The minimum Gasteiger partial charge on any atom is -0.465 e. The van der Waals surface area contributed by atoms with Crippen LogP contribution < -0.4 is 0 Å². The number of aromatic nitrogens is 2. The summed E-state index contributed by atoms with van der Waals surface area (Å²) in [5.74, 6) is -0.241. The molecule has 39 heavy (non-hydrogen) atoms. The Morgan fingerprint density at radius 2 is 1.49 bits per heavy atom. The summed E-state index contributed by atoms with van der Waals surface area (Å²) in [6.07, 6.45) is 1.76. The smallest absolute Gasteiger partial charge is 0.407 e. The van der Waals surface area contributed by atoms with Gasteiger partial charge in [-0.05, 0) is 24.0 Å². The predicted molar refractivity (Wildman–Crippen MR) is 149 cm³/mol. The molecule has 8 nitrogen and oxygen atoms in total. The Hall–Kier alpha value is -4.43. The highest BCUT2D eigenvalue weighted by atomic mass is 16.4. The number of carbonyl (C=O) groups excluding carboxylic acids is 1. The minimum atomic E-state index is -0.985. The van der Waals surface area contributed by atoms with Crippen molar-refractivity contribution in [1.82, 2.24) is 19.4 Å². The van der Waals surface area contributed by atoms with E-state index in [9.17, 15) is 19.8 Å². The van der Waals surface area contributed by atoms with Crippen molar-refractivity contribution in [2.24, 2.45) is 0 Å². The molecule has 200 valence electrons. The number of imidazole rings is 1. The first kappa shape index (κ1) is 26.2. The van der Waals surface area contributed by atoms with E-state index in [-0.39, 0.29) is 44.2 Å². The second-order valence-corrected chi connectivity index (χ2v) is 9.81. The summed E-state index contributed by atoms with van der Waals surface area (Å²) < 4.78 is 1.90. The number of aliphatic hydroxyl groups excluding tert-OH is 1. The maximum Gasteiger partial charge on any atom is 0.407 e. The maximum absolute atomic E-state index is 14.2. The number of rotatable bonds is 8. The molecule has 0 bridgehead atoms. The van der Waals surface area contributed by atoms with E-state index in [2.05, 4.69) is 4.98 Å². The molecule has 1 aliphatic rings. The van der Waals surface area contributed by atoms with Crippen molar-refractivity contribution in [3.63, 3.8) is 0 Å². The van der Waals surface area contributed by atoms with Gasteiger partial charge < -0.3 is 24.6 Å². The molecule has 5 rings (SSSR count). The van der Waals surface area contributed by atoms with E-state index in [0.29, 0.717) is 24.2 Å². The largest absolute Gasteiger partial charge is 0.465 e. The monoisotopic (exact) mass is 524 g/mol. The number of hydrogen-bond donors (Lipinski definition) is 2. The van der Waals surface area contributed by atoms with Gasteiger partial charge >= 0.3 is 6.09 Å². The van der Waals surface area contributed by atoms with Crippen LogP contribution in [0.15, 0.2) is 97.3 Å². The molecule has 8 heteroatoms. The molecule has 2 heterocycles. The van der Waals surface area contributed by atoms with Crippen LogP contribution in [-0.4, -0.2) is 73.8 Å². The Morgan fingerprint density at radius 3 is 2.10 bits per heavy atom. The van der Waals surface area contributed by atoms with Crippen LogP contribution in [0, 0.1) is 0 Å². The van der Waals surface area contributed by atoms with Crippen molar-refractivity contribution in [1.29, 1.82) is 0 Å². The predicted octanol–water partition coefficient (Wildman–Crippen LogP) is 4.37. The second kappa shape index (κ2) is 12.0. The van der Waals surface area contributed by atoms with Gasteiger partial charge in [0, 0.05) is 25.2 Å². The molecule has 4 aromatic rings. The van der Waals surface area contributed by atoms with E-state index in [1.54, 1.807) is 11.2 Å². The lowest BCUT2D eigenvalue weighted by Gasteiger charge is -2.40. The lowest BCUT2D eigenvalue weighted by molar-refractivity contribution is 0.0447. The lowest BCUT2D eigenvalue weighted by atomic mass is 10.0. The maximum atomic E-state index is 14.2. The average Bonchev–Trinajstić information content (AvgIpc) is 3.42. The van der Waals surface area contributed by atoms with E-state index >= 15 is 0 Å². The van der Waals surface area contributed by atoms with Crippen molar-refractivity contribution >= 4 is 12.0 Å². The van der Waals surface area contributed by atoms with Crippen molar-refractivity contribution in [3.05, 3.63) is 114 Å². The molecule has 0 aliphatic carbocycles. The normalized spacial score (nSPS) is 16.2. The van der Waals surface area contributed by atoms with E-state index in [1.807, 2.05) is 95.6 Å². The van der Waals surface area contributed by atoms with Gasteiger partial charge in [-0.1, -0.05) is 91.0 Å². The van der Waals surface area contributed by atoms with Gasteiger partial charge in [-0.3, -0.25) is 4.79 Å². The molecular weight excluding hydrogens is 492 g/mol. The van der Waals surface area contributed by atoms with Gasteiger partial charge in [-0.25, -0.2) is 9.78 Å².